The summed E-state index contributed by atoms with van der Waals surface area (Å²) in [6.07, 6.45) is -6.13. The normalized spacial score (nSPS) is 15.4. The van der Waals surface area contributed by atoms with E-state index in [2.05, 4.69) is 10.2 Å². The average Bonchev–Trinajstić information content (AvgIpc) is 2.47. The lowest BCUT2D eigenvalue weighted by molar-refractivity contribution is -0.207. The van der Waals surface area contributed by atoms with Gasteiger partial charge in [-0.15, -0.1) is 0 Å². The van der Waals surface area contributed by atoms with Gasteiger partial charge in [0.05, 0.1) is 6.20 Å². The molecule has 86 valence electrons. The first-order valence-corrected chi connectivity index (χ1v) is 4.42. The van der Waals surface area contributed by atoms with Crippen molar-refractivity contribution < 1.29 is 18.3 Å². The summed E-state index contributed by atoms with van der Waals surface area (Å²) in [7, 11) is 0. The van der Waals surface area contributed by atoms with E-state index in [1.165, 1.54) is 0 Å². The van der Waals surface area contributed by atoms with Gasteiger partial charge in [0.15, 0.2) is 6.10 Å². The fourth-order valence-corrected chi connectivity index (χ4v) is 1.28. The molecule has 1 heterocycles. The number of hydrogen-bond donors (Lipinski definition) is 2. The monoisotopic (exact) mass is 222 g/mol. The van der Waals surface area contributed by atoms with E-state index < -0.39 is 17.7 Å². The number of aliphatic hydroxyl groups excluding tert-OH is 1. The van der Waals surface area contributed by atoms with Crippen molar-refractivity contribution in [3.63, 3.8) is 0 Å². The number of aromatic amines is 1. The lowest BCUT2D eigenvalue weighted by Gasteiger charge is -2.21. The molecule has 0 aromatic carbocycles. The Hall–Kier alpha value is -1.04. The number of nitrogens with one attached hydrogen (secondary N) is 1. The number of halogens is 3. The third-order valence-corrected chi connectivity index (χ3v) is 2.02. The first kappa shape index (κ1) is 12.0. The zero-order valence-electron chi connectivity index (χ0n) is 8.68. The number of aromatic nitrogens is 2. The summed E-state index contributed by atoms with van der Waals surface area (Å²) >= 11 is 0. The third-order valence-electron chi connectivity index (χ3n) is 2.02. The van der Waals surface area contributed by atoms with Crippen molar-refractivity contribution in [2.24, 2.45) is 0 Å². The topological polar surface area (TPSA) is 48.9 Å². The van der Waals surface area contributed by atoms with E-state index in [1.54, 1.807) is 20.8 Å². The van der Waals surface area contributed by atoms with Gasteiger partial charge in [-0.1, -0.05) is 20.8 Å². The second-order valence-electron chi connectivity index (χ2n) is 4.39. The molecular formula is C9H13F3N2O. The van der Waals surface area contributed by atoms with Crippen LogP contribution < -0.4 is 0 Å². The van der Waals surface area contributed by atoms with Gasteiger partial charge in [0.1, 0.15) is 0 Å². The van der Waals surface area contributed by atoms with Crippen LogP contribution in [0.1, 0.15) is 38.1 Å². The molecule has 0 aliphatic carbocycles. The maximum atomic E-state index is 12.3. The molecule has 1 aromatic rings. The van der Waals surface area contributed by atoms with Crippen LogP contribution in [-0.4, -0.2) is 21.5 Å². The Morgan fingerprint density at radius 1 is 1.33 bits per heavy atom. The van der Waals surface area contributed by atoms with Crippen LogP contribution in [0.15, 0.2) is 6.20 Å². The smallest absolute Gasteiger partial charge is 0.379 e. The number of aliphatic hydroxyl groups is 1. The molecule has 0 spiro atoms. The molecule has 0 radical (unpaired) electrons. The maximum Gasteiger partial charge on any atom is 0.418 e. The van der Waals surface area contributed by atoms with Gasteiger partial charge in [0.25, 0.3) is 0 Å². The number of hydrogen-bond acceptors (Lipinski definition) is 2. The lowest BCUT2D eigenvalue weighted by Crippen LogP contribution is -2.24. The van der Waals surface area contributed by atoms with Crippen LogP contribution in [0, 0.1) is 0 Å². The van der Waals surface area contributed by atoms with E-state index >= 15 is 0 Å². The van der Waals surface area contributed by atoms with Crippen molar-refractivity contribution >= 4 is 0 Å². The fraction of sp³-hybridized carbons (Fsp3) is 0.667. The summed E-state index contributed by atoms with van der Waals surface area (Å²) in [5.74, 6) is 0. The van der Waals surface area contributed by atoms with E-state index in [0.717, 1.165) is 6.20 Å². The number of alkyl halides is 3. The molecular weight excluding hydrogens is 209 g/mol. The molecule has 1 aromatic heterocycles. The molecule has 0 saturated carbocycles. The maximum absolute atomic E-state index is 12.3. The van der Waals surface area contributed by atoms with Crippen LogP contribution in [-0.2, 0) is 5.41 Å². The van der Waals surface area contributed by atoms with E-state index in [1.807, 2.05) is 0 Å². The van der Waals surface area contributed by atoms with Crippen LogP contribution in [0.25, 0.3) is 0 Å². The van der Waals surface area contributed by atoms with Gasteiger partial charge >= 0.3 is 6.18 Å². The zero-order chi connectivity index (χ0) is 11.9. The Morgan fingerprint density at radius 2 is 1.87 bits per heavy atom. The zero-order valence-corrected chi connectivity index (χ0v) is 8.68. The second kappa shape index (κ2) is 3.52. The molecule has 0 aliphatic rings. The fourth-order valence-electron chi connectivity index (χ4n) is 1.28. The predicted octanol–water partition coefficient (Wildman–Crippen LogP) is 2.30. The highest BCUT2D eigenvalue weighted by molar-refractivity contribution is 5.26. The van der Waals surface area contributed by atoms with Gasteiger partial charge in [0.2, 0.25) is 0 Å². The van der Waals surface area contributed by atoms with E-state index in [-0.39, 0.29) is 5.56 Å². The number of H-pyrrole nitrogens is 1. The molecule has 0 amide bonds. The highest BCUT2D eigenvalue weighted by Gasteiger charge is 2.42. The molecule has 0 aliphatic heterocycles. The molecule has 3 nitrogen and oxygen atoms in total. The molecule has 0 saturated heterocycles. The minimum Gasteiger partial charge on any atom is -0.379 e. The van der Waals surface area contributed by atoms with Gasteiger partial charge in [-0.2, -0.15) is 18.3 Å². The third kappa shape index (κ3) is 2.50. The van der Waals surface area contributed by atoms with E-state index in [0.29, 0.717) is 5.69 Å². The largest absolute Gasteiger partial charge is 0.418 e. The Balaban J connectivity index is 3.12. The Labute approximate surface area is 85.3 Å². The summed E-state index contributed by atoms with van der Waals surface area (Å²) in [6.45, 7) is 5.23. The Kier molecular flexibility index (Phi) is 2.82. The molecule has 15 heavy (non-hydrogen) atoms. The van der Waals surface area contributed by atoms with Crippen molar-refractivity contribution in [1.82, 2.24) is 10.2 Å². The Morgan fingerprint density at radius 3 is 2.27 bits per heavy atom. The summed E-state index contributed by atoms with van der Waals surface area (Å²) in [5.41, 5.74) is -0.430. The Bertz CT molecular complexity index is 338. The van der Waals surface area contributed by atoms with Gasteiger partial charge < -0.3 is 5.11 Å². The summed E-state index contributed by atoms with van der Waals surface area (Å²) < 4.78 is 36.9. The van der Waals surface area contributed by atoms with Crippen LogP contribution in [0.4, 0.5) is 13.2 Å². The molecule has 0 fully saturated rings. The first-order valence-electron chi connectivity index (χ1n) is 4.42. The standard InChI is InChI=1S/C9H13F3N2O/c1-8(2,3)6-5(4-13-14-6)7(15)9(10,11)12/h4,7,15H,1-3H3,(H,13,14)/t7-/m1/s1. The molecule has 1 rings (SSSR count). The van der Waals surface area contributed by atoms with Crippen LogP contribution in [0.2, 0.25) is 0 Å². The van der Waals surface area contributed by atoms with Gasteiger partial charge in [0, 0.05) is 16.7 Å². The van der Waals surface area contributed by atoms with Gasteiger partial charge in [-0.05, 0) is 0 Å². The summed E-state index contributed by atoms with van der Waals surface area (Å²) in [5, 5.41) is 15.1. The van der Waals surface area contributed by atoms with Crippen molar-refractivity contribution in [1.29, 1.82) is 0 Å². The van der Waals surface area contributed by atoms with Crippen molar-refractivity contribution in [2.75, 3.05) is 0 Å². The minimum absolute atomic E-state index is 0.213. The molecule has 0 unspecified atom stereocenters. The van der Waals surface area contributed by atoms with Crippen molar-refractivity contribution in [3.8, 4) is 0 Å². The second-order valence-corrected chi connectivity index (χ2v) is 4.39. The quantitative estimate of drug-likeness (QED) is 0.766. The van der Waals surface area contributed by atoms with E-state index in [9.17, 15) is 13.2 Å². The van der Waals surface area contributed by atoms with Crippen LogP contribution in [0.3, 0.4) is 0 Å². The van der Waals surface area contributed by atoms with Crippen LogP contribution >= 0.6 is 0 Å². The van der Waals surface area contributed by atoms with Gasteiger partial charge in [-0.25, -0.2) is 0 Å². The average molecular weight is 222 g/mol. The van der Waals surface area contributed by atoms with Crippen molar-refractivity contribution in [2.45, 2.75) is 38.5 Å². The number of rotatable bonds is 1. The number of nitrogens with zero attached hydrogens (tertiary/aromatic N) is 1. The SMILES string of the molecule is CC(C)(C)c1[nH]ncc1[C@@H](O)C(F)(F)F. The minimum atomic E-state index is -4.66. The first-order chi connectivity index (χ1) is 6.64. The highest BCUT2D eigenvalue weighted by Crippen LogP contribution is 2.36. The van der Waals surface area contributed by atoms with Crippen LogP contribution in [0.5, 0.6) is 0 Å². The van der Waals surface area contributed by atoms with Crippen molar-refractivity contribution in [3.05, 3.63) is 17.5 Å². The molecule has 1 atom stereocenters. The molecule has 6 heteroatoms. The van der Waals surface area contributed by atoms with E-state index in [4.69, 9.17) is 5.11 Å². The van der Waals surface area contributed by atoms with Gasteiger partial charge in [-0.3, -0.25) is 5.10 Å². The molecule has 0 bridgehead atoms. The lowest BCUT2D eigenvalue weighted by atomic mass is 9.88. The summed E-state index contributed by atoms with van der Waals surface area (Å²) in [4.78, 5) is 0. The highest BCUT2D eigenvalue weighted by atomic mass is 19.4. The molecule has 2 N–H and O–H groups in total. The predicted molar refractivity (Wildman–Crippen MR) is 48.3 cm³/mol. The summed E-state index contributed by atoms with van der Waals surface area (Å²) in [6, 6.07) is 0.